The van der Waals surface area contributed by atoms with Gasteiger partial charge in [-0.2, -0.15) is 15.6 Å². The van der Waals surface area contributed by atoms with Crippen LogP contribution in [-0.4, -0.2) is 18.7 Å². The van der Waals surface area contributed by atoms with Crippen molar-refractivity contribution >= 4 is 23.0 Å². The Kier molecular flexibility index (Phi) is 5.49. The molecule has 1 amide bonds. The van der Waals surface area contributed by atoms with E-state index < -0.39 is 0 Å². The van der Waals surface area contributed by atoms with Crippen molar-refractivity contribution in [3.05, 3.63) is 54.1 Å². The summed E-state index contributed by atoms with van der Waals surface area (Å²) < 4.78 is 5.17. The number of carbonyl (C=O) groups is 1. The maximum atomic E-state index is 12.3. The van der Waals surface area contributed by atoms with Gasteiger partial charge in [-0.15, -0.1) is 0 Å². The maximum absolute atomic E-state index is 12.3. The van der Waals surface area contributed by atoms with Gasteiger partial charge in [0.2, 0.25) is 5.71 Å². The molecule has 2 aromatic rings. The number of anilines is 2. The minimum absolute atomic E-state index is 0.309. The predicted octanol–water partition coefficient (Wildman–Crippen LogP) is 2.76. The van der Waals surface area contributed by atoms with Crippen molar-refractivity contribution in [3.8, 4) is 17.9 Å². The molecular weight excluding hydrogens is 306 g/mol. The fourth-order valence-electron chi connectivity index (χ4n) is 1.85. The van der Waals surface area contributed by atoms with Gasteiger partial charge in [0.15, 0.2) is 0 Å². The monoisotopic (exact) mass is 319 g/mol. The lowest BCUT2D eigenvalue weighted by atomic mass is 10.1. The van der Waals surface area contributed by atoms with Gasteiger partial charge in [0.05, 0.1) is 12.8 Å². The van der Waals surface area contributed by atoms with E-state index >= 15 is 0 Å². The molecule has 2 aromatic carbocycles. The van der Waals surface area contributed by atoms with E-state index in [1.165, 1.54) is 13.2 Å². The minimum Gasteiger partial charge on any atom is -0.495 e. The van der Waals surface area contributed by atoms with Gasteiger partial charge >= 0.3 is 0 Å². The summed E-state index contributed by atoms with van der Waals surface area (Å²) in [5.74, 6) is 0.113. The van der Waals surface area contributed by atoms with E-state index in [4.69, 9.17) is 15.3 Å². The van der Waals surface area contributed by atoms with E-state index in [2.05, 4.69) is 15.8 Å². The number of ether oxygens (including phenoxy) is 1. The van der Waals surface area contributed by atoms with Crippen molar-refractivity contribution in [1.82, 2.24) is 0 Å². The molecule has 0 atom stereocenters. The summed E-state index contributed by atoms with van der Waals surface area (Å²) in [7, 11) is 1.46. The van der Waals surface area contributed by atoms with Gasteiger partial charge in [-0.05, 0) is 30.3 Å². The summed E-state index contributed by atoms with van der Waals surface area (Å²) in [5, 5.41) is 23.8. The number of nitrogens with one attached hydrogen (secondary N) is 2. The van der Waals surface area contributed by atoms with Crippen LogP contribution in [0.2, 0.25) is 0 Å². The zero-order chi connectivity index (χ0) is 17.4. The fourth-order valence-corrected chi connectivity index (χ4v) is 1.85. The van der Waals surface area contributed by atoms with Crippen LogP contribution in [0.1, 0.15) is 10.4 Å². The van der Waals surface area contributed by atoms with Crippen molar-refractivity contribution < 1.29 is 9.53 Å². The summed E-state index contributed by atoms with van der Waals surface area (Å²) in [5.41, 5.74) is 3.63. The van der Waals surface area contributed by atoms with Crippen LogP contribution in [0.4, 0.5) is 11.4 Å². The average molecular weight is 319 g/mol. The van der Waals surface area contributed by atoms with E-state index in [9.17, 15) is 4.79 Å². The lowest BCUT2D eigenvalue weighted by Crippen LogP contribution is -2.12. The summed E-state index contributed by atoms with van der Waals surface area (Å²) in [6.07, 6.45) is 0. The third kappa shape index (κ3) is 4.09. The first kappa shape index (κ1) is 16.5. The van der Waals surface area contributed by atoms with Crippen molar-refractivity contribution in [2.75, 3.05) is 17.9 Å². The van der Waals surface area contributed by atoms with E-state index in [1.807, 2.05) is 18.2 Å². The quantitative estimate of drug-likeness (QED) is 0.650. The summed E-state index contributed by atoms with van der Waals surface area (Å²) in [6, 6.07) is 17.0. The second kappa shape index (κ2) is 7.97. The zero-order valence-corrected chi connectivity index (χ0v) is 12.8. The molecule has 0 spiro atoms. The van der Waals surface area contributed by atoms with Crippen LogP contribution in [0, 0.1) is 22.7 Å². The Morgan fingerprint density at radius 2 is 1.83 bits per heavy atom. The molecule has 24 heavy (non-hydrogen) atoms. The molecule has 0 saturated heterocycles. The molecule has 118 valence electrons. The molecule has 0 aromatic heterocycles. The minimum atomic E-state index is -0.337. The first-order valence-electron chi connectivity index (χ1n) is 6.86. The van der Waals surface area contributed by atoms with Crippen LogP contribution < -0.4 is 15.5 Å². The topological polar surface area (TPSA) is 110 Å². The Labute approximate surface area is 138 Å². The first-order valence-corrected chi connectivity index (χ1v) is 6.86. The average Bonchev–Trinajstić information content (AvgIpc) is 2.63. The number of methoxy groups -OCH3 is 1. The second-order valence-corrected chi connectivity index (χ2v) is 4.53. The molecular formula is C17H13N5O2. The van der Waals surface area contributed by atoms with Crippen LogP contribution >= 0.6 is 0 Å². The molecule has 0 aliphatic carbocycles. The molecule has 7 heteroatoms. The van der Waals surface area contributed by atoms with Gasteiger partial charge in [0.1, 0.15) is 17.9 Å². The Morgan fingerprint density at radius 1 is 1.12 bits per heavy atom. The van der Waals surface area contributed by atoms with E-state index in [-0.39, 0.29) is 11.6 Å². The Hall–Kier alpha value is -3.84. The Bertz CT molecular complexity index is 832. The molecule has 2 rings (SSSR count). The highest BCUT2D eigenvalue weighted by Crippen LogP contribution is 2.26. The summed E-state index contributed by atoms with van der Waals surface area (Å²) in [6.45, 7) is 0. The third-order valence-electron chi connectivity index (χ3n) is 2.99. The highest BCUT2D eigenvalue weighted by Gasteiger charge is 2.10. The fraction of sp³-hybridized carbons (Fsp3) is 0.0588. The highest BCUT2D eigenvalue weighted by molar-refractivity contribution is 6.10. The number of hydrogen-bond donors (Lipinski definition) is 2. The predicted molar refractivity (Wildman–Crippen MR) is 89.7 cm³/mol. The van der Waals surface area contributed by atoms with Gasteiger partial charge in [-0.3, -0.25) is 10.2 Å². The number of para-hydroxylation sites is 1. The number of nitriles is 2. The summed E-state index contributed by atoms with van der Waals surface area (Å²) >= 11 is 0. The molecule has 0 unspecified atom stereocenters. The molecule has 2 N–H and O–H groups in total. The number of amides is 1. The standard InChI is InChI=1S/C17H13N5O2/c1-24-16-8-7-12(9-15(16)22-21-14(10-18)11-19)17(23)20-13-5-3-2-4-6-13/h2-9,22H,1H3,(H,20,23). The largest absolute Gasteiger partial charge is 0.495 e. The lowest BCUT2D eigenvalue weighted by Gasteiger charge is -2.10. The maximum Gasteiger partial charge on any atom is 0.255 e. The van der Waals surface area contributed by atoms with Gasteiger partial charge < -0.3 is 10.1 Å². The zero-order valence-electron chi connectivity index (χ0n) is 12.8. The molecule has 0 aliphatic rings. The molecule has 0 bridgehead atoms. The lowest BCUT2D eigenvalue weighted by molar-refractivity contribution is 0.102. The Morgan fingerprint density at radius 3 is 2.46 bits per heavy atom. The number of carbonyl (C=O) groups excluding carboxylic acids is 1. The van der Waals surface area contributed by atoms with Gasteiger partial charge in [-0.25, -0.2) is 0 Å². The van der Waals surface area contributed by atoms with Crippen LogP contribution in [0.5, 0.6) is 5.75 Å². The SMILES string of the molecule is COc1ccc(C(=O)Nc2ccccc2)cc1NN=C(C#N)C#N. The van der Waals surface area contributed by atoms with Crippen LogP contribution in [-0.2, 0) is 0 Å². The Balaban J connectivity index is 2.25. The highest BCUT2D eigenvalue weighted by atomic mass is 16.5. The van der Waals surface area contributed by atoms with Crippen molar-refractivity contribution in [2.45, 2.75) is 0 Å². The number of hydrogen-bond acceptors (Lipinski definition) is 6. The van der Waals surface area contributed by atoms with Gasteiger partial charge in [-0.1, -0.05) is 18.2 Å². The molecule has 0 saturated carbocycles. The molecule has 0 aliphatic heterocycles. The number of hydrazone groups is 1. The van der Waals surface area contributed by atoms with E-state index in [0.29, 0.717) is 22.7 Å². The van der Waals surface area contributed by atoms with Crippen molar-refractivity contribution in [1.29, 1.82) is 10.5 Å². The van der Waals surface area contributed by atoms with E-state index in [1.54, 1.807) is 36.4 Å². The second-order valence-electron chi connectivity index (χ2n) is 4.53. The van der Waals surface area contributed by atoms with Crippen molar-refractivity contribution in [2.24, 2.45) is 5.10 Å². The number of rotatable bonds is 5. The van der Waals surface area contributed by atoms with Crippen LogP contribution in [0.15, 0.2) is 53.6 Å². The van der Waals surface area contributed by atoms with Crippen LogP contribution in [0.25, 0.3) is 0 Å². The molecule has 0 heterocycles. The normalized spacial score (nSPS) is 9.12. The summed E-state index contributed by atoms with van der Waals surface area (Å²) in [4.78, 5) is 12.3. The first-order chi connectivity index (χ1) is 11.7. The van der Waals surface area contributed by atoms with Gasteiger partial charge in [0.25, 0.3) is 5.91 Å². The van der Waals surface area contributed by atoms with Gasteiger partial charge in [0, 0.05) is 11.3 Å². The molecule has 0 fully saturated rings. The third-order valence-corrected chi connectivity index (χ3v) is 2.99. The molecule has 0 radical (unpaired) electrons. The number of nitrogens with zero attached hydrogens (tertiary/aromatic N) is 3. The van der Waals surface area contributed by atoms with E-state index in [0.717, 1.165) is 0 Å². The number of benzene rings is 2. The smallest absolute Gasteiger partial charge is 0.255 e. The van der Waals surface area contributed by atoms with Crippen LogP contribution in [0.3, 0.4) is 0 Å². The molecule has 7 nitrogen and oxygen atoms in total. The van der Waals surface area contributed by atoms with Crippen molar-refractivity contribution in [3.63, 3.8) is 0 Å².